The minimum Gasteiger partial charge on any atom is -0.419 e. The molecule has 1 aromatic heterocycles. The normalized spacial score (nSPS) is 12.2. The number of benzene rings is 2. The van der Waals surface area contributed by atoms with Gasteiger partial charge in [-0.3, -0.25) is 0 Å². The lowest BCUT2D eigenvalue weighted by Gasteiger charge is -2.17. The fraction of sp³-hybridized carbons (Fsp3) is 0.263. The molecule has 0 aliphatic rings. The molecule has 3 aromatic rings. The molecule has 3 rings (SSSR count). The molecule has 0 spiro atoms. The Morgan fingerprint density at radius 3 is 2.38 bits per heavy atom. The van der Waals surface area contributed by atoms with Crippen LogP contribution < -0.4 is 5.32 Å². The van der Waals surface area contributed by atoms with Gasteiger partial charge in [-0.1, -0.05) is 48.5 Å². The molecule has 0 fully saturated rings. The van der Waals surface area contributed by atoms with E-state index < -0.39 is 0 Å². The van der Waals surface area contributed by atoms with Gasteiger partial charge < -0.3 is 14.8 Å². The van der Waals surface area contributed by atoms with Gasteiger partial charge >= 0.3 is 0 Å². The molecule has 0 amide bonds. The summed E-state index contributed by atoms with van der Waals surface area (Å²) in [5, 5.41) is 20.8. The van der Waals surface area contributed by atoms with Crippen LogP contribution in [0.2, 0.25) is 0 Å². The third-order valence-corrected chi connectivity index (χ3v) is 3.84. The van der Waals surface area contributed by atoms with Gasteiger partial charge in [0.25, 0.3) is 0 Å². The van der Waals surface area contributed by atoms with Crippen molar-refractivity contribution in [1.29, 1.82) is 0 Å². The highest BCUT2D eigenvalue weighted by molar-refractivity contribution is 5.51. The van der Waals surface area contributed by atoms with Crippen LogP contribution in [0.3, 0.4) is 0 Å². The molecule has 1 unspecified atom stereocenters. The number of aromatic nitrogens is 2. The van der Waals surface area contributed by atoms with Crippen molar-refractivity contribution in [3.05, 3.63) is 72.1 Å². The summed E-state index contributed by atoms with van der Waals surface area (Å²) in [7, 11) is 0. The monoisotopic (exact) mass is 323 g/mol. The highest BCUT2D eigenvalue weighted by Gasteiger charge is 2.13. The smallest absolute Gasteiger partial charge is 0.247 e. The highest BCUT2D eigenvalue weighted by Crippen LogP contribution is 2.20. The summed E-state index contributed by atoms with van der Waals surface area (Å²) >= 11 is 0. The van der Waals surface area contributed by atoms with Crippen molar-refractivity contribution in [2.24, 2.45) is 0 Å². The molecule has 0 radical (unpaired) electrons. The summed E-state index contributed by atoms with van der Waals surface area (Å²) < 4.78 is 5.73. The average Bonchev–Trinajstić information content (AvgIpc) is 3.12. The molecule has 0 aliphatic heterocycles. The van der Waals surface area contributed by atoms with Gasteiger partial charge in [0.1, 0.15) is 0 Å². The minimum atomic E-state index is 0.144. The van der Waals surface area contributed by atoms with Crippen LogP contribution in [0.25, 0.3) is 11.5 Å². The third kappa shape index (κ3) is 4.28. The van der Waals surface area contributed by atoms with E-state index in [0.29, 0.717) is 18.3 Å². The molecule has 2 N–H and O–H groups in total. The van der Waals surface area contributed by atoms with Crippen LogP contribution in [-0.2, 0) is 6.54 Å². The highest BCUT2D eigenvalue weighted by atomic mass is 16.4. The lowest BCUT2D eigenvalue weighted by Crippen LogP contribution is -2.21. The number of hydrogen-bond donors (Lipinski definition) is 2. The Morgan fingerprint density at radius 2 is 1.67 bits per heavy atom. The standard InChI is InChI=1S/C19H21N3O2/c23-13-7-12-17(15-8-3-1-4-9-15)20-14-18-21-22-19(24-18)16-10-5-2-6-11-16/h1-6,8-11,17,20,23H,7,12-14H2. The van der Waals surface area contributed by atoms with Crippen LogP contribution in [0.5, 0.6) is 0 Å². The van der Waals surface area contributed by atoms with E-state index in [-0.39, 0.29) is 12.6 Å². The maximum atomic E-state index is 9.11. The van der Waals surface area contributed by atoms with Crippen LogP contribution in [0.15, 0.2) is 65.1 Å². The maximum absolute atomic E-state index is 9.11. The first kappa shape index (κ1) is 16.4. The fourth-order valence-corrected chi connectivity index (χ4v) is 2.60. The SMILES string of the molecule is OCCCC(NCc1nnc(-c2ccccc2)o1)c1ccccc1. The number of aliphatic hydroxyl groups is 1. The number of nitrogens with one attached hydrogen (secondary N) is 1. The molecule has 124 valence electrons. The lowest BCUT2D eigenvalue weighted by molar-refractivity contribution is 0.274. The topological polar surface area (TPSA) is 71.2 Å². The van der Waals surface area contributed by atoms with Gasteiger partial charge in [-0.15, -0.1) is 10.2 Å². The summed E-state index contributed by atoms with van der Waals surface area (Å²) in [6.45, 7) is 0.675. The van der Waals surface area contributed by atoms with Crippen LogP contribution in [0.4, 0.5) is 0 Å². The van der Waals surface area contributed by atoms with Gasteiger partial charge in [0.15, 0.2) is 0 Å². The van der Waals surface area contributed by atoms with Crippen LogP contribution in [0, 0.1) is 0 Å². The van der Waals surface area contributed by atoms with Crippen molar-refractivity contribution in [3.63, 3.8) is 0 Å². The predicted molar refractivity (Wildman–Crippen MR) is 92.1 cm³/mol. The van der Waals surface area contributed by atoms with E-state index in [9.17, 15) is 0 Å². The van der Waals surface area contributed by atoms with Gasteiger partial charge in [-0.2, -0.15) is 0 Å². The second-order valence-corrected chi connectivity index (χ2v) is 5.58. The Balaban J connectivity index is 1.65. The predicted octanol–water partition coefficient (Wildman–Crippen LogP) is 3.34. The Labute approximate surface area is 141 Å². The van der Waals surface area contributed by atoms with E-state index in [0.717, 1.165) is 18.4 Å². The molecule has 5 heteroatoms. The number of nitrogens with zero attached hydrogens (tertiary/aromatic N) is 2. The van der Waals surface area contributed by atoms with Gasteiger partial charge in [-0.25, -0.2) is 0 Å². The van der Waals surface area contributed by atoms with Crippen LogP contribution in [0.1, 0.15) is 30.3 Å². The molecular weight excluding hydrogens is 302 g/mol. The largest absolute Gasteiger partial charge is 0.419 e. The zero-order valence-electron chi connectivity index (χ0n) is 13.4. The van der Waals surface area contributed by atoms with Crippen molar-refractivity contribution in [2.75, 3.05) is 6.61 Å². The summed E-state index contributed by atoms with van der Waals surface area (Å²) in [5.41, 5.74) is 2.10. The zero-order chi connectivity index (χ0) is 16.6. The summed E-state index contributed by atoms with van der Waals surface area (Å²) in [5.74, 6) is 1.08. The van der Waals surface area contributed by atoms with Crippen molar-refractivity contribution in [3.8, 4) is 11.5 Å². The van der Waals surface area contributed by atoms with Crippen LogP contribution >= 0.6 is 0 Å². The molecule has 0 saturated carbocycles. The molecular formula is C19H21N3O2. The van der Waals surface area contributed by atoms with Gasteiger partial charge in [-0.05, 0) is 30.5 Å². The third-order valence-electron chi connectivity index (χ3n) is 3.84. The number of aliphatic hydroxyl groups excluding tert-OH is 1. The van der Waals surface area contributed by atoms with E-state index in [1.54, 1.807) is 0 Å². The first-order chi connectivity index (χ1) is 11.9. The Kier molecular flexibility index (Phi) is 5.71. The average molecular weight is 323 g/mol. The summed E-state index contributed by atoms with van der Waals surface area (Å²) in [6.07, 6.45) is 1.59. The Hall–Kier alpha value is -2.50. The first-order valence-electron chi connectivity index (χ1n) is 8.14. The van der Waals surface area contributed by atoms with E-state index in [2.05, 4.69) is 27.6 Å². The summed E-state index contributed by atoms with van der Waals surface area (Å²) in [6, 6.07) is 20.1. The minimum absolute atomic E-state index is 0.144. The van der Waals surface area contributed by atoms with Crippen molar-refractivity contribution >= 4 is 0 Å². The van der Waals surface area contributed by atoms with Crippen LogP contribution in [-0.4, -0.2) is 21.9 Å². The summed E-state index contributed by atoms with van der Waals surface area (Å²) in [4.78, 5) is 0. The molecule has 1 heterocycles. The van der Waals surface area contributed by atoms with Crippen molar-refractivity contribution < 1.29 is 9.52 Å². The van der Waals surface area contributed by atoms with E-state index in [1.807, 2.05) is 48.5 Å². The quantitative estimate of drug-likeness (QED) is 0.665. The zero-order valence-corrected chi connectivity index (χ0v) is 13.4. The number of rotatable bonds is 8. The molecule has 5 nitrogen and oxygen atoms in total. The van der Waals surface area contributed by atoms with Crippen molar-refractivity contribution in [1.82, 2.24) is 15.5 Å². The molecule has 0 aliphatic carbocycles. The molecule has 0 saturated heterocycles. The van der Waals surface area contributed by atoms with Gasteiger partial charge in [0.2, 0.25) is 11.8 Å². The maximum Gasteiger partial charge on any atom is 0.247 e. The van der Waals surface area contributed by atoms with Crippen molar-refractivity contribution in [2.45, 2.75) is 25.4 Å². The second-order valence-electron chi connectivity index (χ2n) is 5.58. The van der Waals surface area contributed by atoms with E-state index in [4.69, 9.17) is 9.52 Å². The first-order valence-corrected chi connectivity index (χ1v) is 8.14. The fourth-order valence-electron chi connectivity index (χ4n) is 2.60. The van der Waals surface area contributed by atoms with E-state index in [1.165, 1.54) is 5.56 Å². The van der Waals surface area contributed by atoms with E-state index >= 15 is 0 Å². The van der Waals surface area contributed by atoms with Gasteiger partial charge in [0, 0.05) is 18.2 Å². The Morgan fingerprint density at radius 1 is 0.958 bits per heavy atom. The molecule has 24 heavy (non-hydrogen) atoms. The lowest BCUT2D eigenvalue weighted by atomic mass is 10.0. The molecule has 2 aromatic carbocycles. The Bertz CT molecular complexity index is 729. The molecule has 0 bridgehead atoms. The second kappa shape index (κ2) is 8.38. The van der Waals surface area contributed by atoms with Gasteiger partial charge in [0.05, 0.1) is 6.54 Å². The molecule has 1 atom stereocenters. The number of hydrogen-bond acceptors (Lipinski definition) is 5.